The highest BCUT2D eigenvalue weighted by atomic mass is 35.7. The molecule has 338 valence electrons. The van der Waals surface area contributed by atoms with Gasteiger partial charge in [0, 0.05) is 28.6 Å². The molecule has 0 saturated carbocycles. The SMILES string of the molecule is CCCCC(C)(Oc1ccc(/C=N/N(C)[PH](=S)C(C)(CC)Oc2ccc(/C=N/N(C)[PH](=S)C(C)(CC)Oc3ccc(/C=N/N(C)P(C)(=S)Cl)cc3)cc2)cc1)P(N)P(N)PN. The first-order valence-corrected chi connectivity index (χ1v) is 34.5. The maximum absolute atomic E-state index is 6.63. The maximum Gasteiger partial charge on any atom is 0.149 e. The van der Waals surface area contributed by atoms with Crippen LogP contribution in [0, 0.1) is 0 Å². The summed E-state index contributed by atoms with van der Waals surface area (Å²) in [6.07, 6.45) is 9.65. The molecule has 0 fully saturated rings. The number of hydrogen-bond donors (Lipinski definition) is 3. The molecular weight excluding hydrogens is 960 g/mol. The van der Waals surface area contributed by atoms with Crippen LogP contribution in [-0.2, 0) is 35.4 Å². The maximum atomic E-state index is 6.63. The third kappa shape index (κ3) is 16.4. The minimum absolute atomic E-state index is 0.134. The number of halogens is 1. The molecule has 6 N–H and O–H groups in total. The van der Waals surface area contributed by atoms with E-state index in [2.05, 4.69) is 39.7 Å². The minimum Gasteiger partial charge on any atom is -0.481 e. The molecule has 61 heavy (non-hydrogen) atoms. The monoisotopic (exact) mass is 1020 g/mol. The second kappa shape index (κ2) is 25.0. The predicted molar refractivity (Wildman–Crippen MR) is 285 cm³/mol. The highest BCUT2D eigenvalue weighted by Gasteiger charge is 2.38. The van der Waals surface area contributed by atoms with Crippen LogP contribution < -0.4 is 30.7 Å². The van der Waals surface area contributed by atoms with Crippen molar-refractivity contribution in [3.63, 3.8) is 0 Å². The second-order valence-electron chi connectivity index (χ2n) is 14.9. The van der Waals surface area contributed by atoms with Gasteiger partial charge >= 0.3 is 0 Å². The van der Waals surface area contributed by atoms with Gasteiger partial charge in [0.05, 0.1) is 40.1 Å². The van der Waals surface area contributed by atoms with Crippen molar-refractivity contribution in [2.75, 3.05) is 27.8 Å². The van der Waals surface area contributed by atoms with E-state index in [1.807, 2.05) is 116 Å². The van der Waals surface area contributed by atoms with Gasteiger partial charge in [0.1, 0.15) is 38.8 Å². The van der Waals surface area contributed by atoms with Crippen molar-refractivity contribution in [3.8, 4) is 17.2 Å². The van der Waals surface area contributed by atoms with E-state index in [1.54, 1.807) is 24.3 Å². The Labute approximate surface area is 390 Å². The summed E-state index contributed by atoms with van der Waals surface area (Å²) >= 11 is 23.7. The number of benzene rings is 3. The lowest BCUT2D eigenvalue weighted by molar-refractivity contribution is 0.167. The fourth-order valence-electron chi connectivity index (χ4n) is 5.52. The third-order valence-corrected chi connectivity index (χ3v) is 29.3. The van der Waals surface area contributed by atoms with Crippen LogP contribution in [0.15, 0.2) is 88.1 Å². The summed E-state index contributed by atoms with van der Waals surface area (Å²) in [4.78, 5) is 0. The van der Waals surface area contributed by atoms with Crippen molar-refractivity contribution < 1.29 is 14.2 Å². The van der Waals surface area contributed by atoms with E-state index < -0.39 is 50.5 Å². The fraction of sp³-hybridized carbons (Fsp3) is 0.462. The van der Waals surface area contributed by atoms with Crippen LogP contribution >= 0.6 is 54.1 Å². The second-order valence-corrected chi connectivity index (χ2v) is 37.2. The number of hydrogen-bond acceptors (Lipinski definition) is 12. The number of ether oxygens (including phenoxy) is 3. The highest BCUT2D eigenvalue weighted by molar-refractivity contribution is 8.55. The Morgan fingerprint density at radius 3 is 1.41 bits per heavy atom. The van der Waals surface area contributed by atoms with Gasteiger partial charge in [-0.05, 0) is 151 Å². The number of rotatable bonds is 25. The number of unbranched alkanes of at least 4 members (excludes halogenated alkanes) is 1. The lowest BCUT2D eigenvalue weighted by atomic mass is 10.1. The smallest absolute Gasteiger partial charge is 0.149 e. The Kier molecular flexibility index (Phi) is 22.2. The van der Waals surface area contributed by atoms with Gasteiger partial charge in [-0.15, -0.1) is 0 Å². The van der Waals surface area contributed by atoms with Crippen molar-refractivity contribution >= 4 is 108 Å². The van der Waals surface area contributed by atoms with E-state index in [-0.39, 0.29) is 8.42 Å². The molecule has 9 unspecified atom stereocenters. The molecule has 0 heterocycles. The van der Waals surface area contributed by atoms with Gasteiger partial charge in [-0.25, -0.2) is 0 Å². The lowest BCUT2D eigenvalue weighted by Crippen LogP contribution is -2.32. The quantitative estimate of drug-likeness (QED) is 0.0421. The molecule has 0 amide bonds. The summed E-state index contributed by atoms with van der Waals surface area (Å²) in [6.45, 7) is 10.9. The lowest BCUT2D eigenvalue weighted by Gasteiger charge is -2.38. The molecule has 3 rings (SSSR count). The molecule has 9 atom stereocenters. The first kappa shape index (κ1) is 54.2. The molecule has 0 saturated heterocycles. The zero-order valence-corrected chi connectivity index (χ0v) is 45.7. The van der Waals surface area contributed by atoms with E-state index in [4.69, 9.17) is 87.6 Å². The van der Waals surface area contributed by atoms with Gasteiger partial charge in [0.2, 0.25) is 0 Å². The average Bonchev–Trinajstić information content (AvgIpc) is 3.25. The minimum atomic E-state index is -2.15. The molecule has 0 aliphatic carbocycles. The molecule has 0 aliphatic heterocycles. The number of nitrogens with two attached hydrogens (primary N) is 3. The molecule has 22 heteroatoms. The predicted octanol–water partition coefficient (Wildman–Crippen LogP) is 11.6. The van der Waals surface area contributed by atoms with Gasteiger partial charge in [-0.3, -0.25) is 14.3 Å². The van der Waals surface area contributed by atoms with Gasteiger partial charge in [-0.1, -0.05) is 73.9 Å². The summed E-state index contributed by atoms with van der Waals surface area (Å²) in [5, 5.41) is 12.1. The average molecular weight is 1020 g/mol. The Morgan fingerprint density at radius 1 is 0.721 bits per heavy atom. The number of hydrazone groups is 3. The molecular formula is C39H64ClN9O3P6S3. The zero-order valence-electron chi connectivity index (χ0n) is 36.8. The van der Waals surface area contributed by atoms with Gasteiger partial charge in [0.25, 0.3) is 0 Å². The van der Waals surface area contributed by atoms with Crippen LogP contribution in [0.4, 0.5) is 0 Å². The Balaban J connectivity index is 1.61. The Bertz CT molecular complexity index is 2040. The molecule has 0 spiro atoms. The molecule has 3 aromatic carbocycles. The Hall–Kier alpha value is -1.12. The van der Waals surface area contributed by atoms with Crippen LogP contribution in [0.1, 0.15) is 90.3 Å². The summed E-state index contributed by atoms with van der Waals surface area (Å²) < 4.78 is 24.9. The first-order chi connectivity index (χ1) is 28.6. The topological polar surface area (TPSA) is 153 Å². The summed E-state index contributed by atoms with van der Waals surface area (Å²) in [6, 6.07) is 23.4. The standard InChI is InChI=1S/C39H64ClN9O3P6S3/c1-11-14-27-39(6,54(42)57(43)53-41)52-36-25-17-32(18-26-36)29-45-48(8)55(59)37(4,12-2)50-34-21-15-31(16-22-34)28-44-47(7)56(60)38(5,13-3)51-35-23-19-33(20-24-35)30-46-49(9)58(10,40)61/h15-26,28-30,53,55-56H,11-14,27,41-43H2,1-10H3/b44-28+,45-29+,46-30+. The molecule has 0 aliphatic rings. The first-order valence-electron chi connectivity index (χ1n) is 19.8. The molecule has 0 aromatic heterocycles. The van der Waals surface area contributed by atoms with Crippen LogP contribution in [0.2, 0.25) is 0 Å². The van der Waals surface area contributed by atoms with E-state index in [0.717, 1.165) is 59.6 Å². The summed E-state index contributed by atoms with van der Waals surface area (Å²) in [5.74, 6) is 2.19. The normalized spacial score (nSPS) is 18.2. The van der Waals surface area contributed by atoms with Gasteiger partial charge in [-0.2, -0.15) is 15.3 Å². The van der Waals surface area contributed by atoms with Crippen LogP contribution in [0.25, 0.3) is 0 Å². The van der Waals surface area contributed by atoms with E-state index in [0.29, 0.717) is 6.42 Å². The van der Waals surface area contributed by atoms with Crippen LogP contribution in [0.5, 0.6) is 17.2 Å². The van der Waals surface area contributed by atoms with Crippen molar-refractivity contribution in [1.29, 1.82) is 0 Å². The molecule has 0 bridgehead atoms. The van der Waals surface area contributed by atoms with Crippen LogP contribution in [0.3, 0.4) is 0 Å². The van der Waals surface area contributed by atoms with Gasteiger partial charge < -0.3 is 30.7 Å². The zero-order chi connectivity index (χ0) is 45.6. The molecule has 12 nitrogen and oxygen atoms in total. The fourth-order valence-corrected chi connectivity index (χ4v) is 16.5. The van der Waals surface area contributed by atoms with Crippen molar-refractivity contribution in [2.45, 2.75) is 89.7 Å². The summed E-state index contributed by atoms with van der Waals surface area (Å²) in [7, 11) is 3.70. The largest absolute Gasteiger partial charge is 0.481 e. The van der Waals surface area contributed by atoms with Crippen molar-refractivity contribution in [2.24, 2.45) is 31.8 Å². The summed E-state index contributed by atoms with van der Waals surface area (Å²) in [5.41, 5.74) is 19.5. The van der Waals surface area contributed by atoms with Gasteiger partial charge in [0.15, 0.2) is 0 Å². The molecule has 3 aromatic rings. The third-order valence-electron chi connectivity index (χ3n) is 10.0. The van der Waals surface area contributed by atoms with E-state index in [9.17, 15) is 0 Å². The number of nitrogens with zero attached hydrogens (tertiary/aromatic N) is 6. The van der Waals surface area contributed by atoms with Crippen LogP contribution in [-0.4, -0.2) is 76.8 Å². The van der Waals surface area contributed by atoms with E-state index >= 15 is 0 Å². The van der Waals surface area contributed by atoms with E-state index in [1.165, 1.54) is 0 Å². The molecule has 0 radical (unpaired) electrons. The van der Waals surface area contributed by atoms with Crippen molar-refractivity contribution in [1.82, 2.24) is 14.3 Å². The highest BCUT2D eigenvalue weighted by Crippen LogP contribution is 2.74. The van der Waals surface area contributed by atoms with Crippen molar-refractivity contribution in [3.05, 3.63) is 89.5 Å². The Morgan fingerprint density at radius 2 is 1.08 bits per heavy atom.